The zero-order valence-corrected chi connectivity index (χ0v) is 11.7. The second kappa shape index (κ2) is 6.61. The number of hydrogen-bond donors (Lipinski definition) is 2. The van der Waals surface area contributed by atoms with Crippen molar-refractivity contribution in [1.29, 1.82) is 0 Å². The summed E-state index contributed by atoms with van der Waals surface area (Å²) in [6.45, 7) is 2.41. The Bertz CT molecular complexity index is 467. The van der Waals surface area contributed by atoms with E-state index in [9.17, 15) is 9.90 Å². The summed E-state index contributed by atoms with van der Waals surface area (Å²) in [6.07, 6.45) is 2.06. The molecule has 20 heavy (non-hydrogen) atoms. The highest BCUT2D eigenvalue weighted by Gasteiger charge is 2.21. The van der Waals surface area contributed by atoms with Crippen molar-refractivity contribution in [2.75, 3.05) is 20.2 Å². The number of likely N-dealkylation sites (tertiary alicyclic amines) is 1. The quantitative estimate of drug-likeness (QED) is 0.863. The molecule has 0 spiro atoms. The molecule has 1 aromatic rings. The van der Waals surface area contributed by atoms with Crippen LogP contribution in [0.3, 0.4) is 0 Å². The fourth-order valence-corrected chi connectivity index (χ4v) is 2.65. The van der Waals surface area contributed by atoms with E-state index >= 15 is 0 Å². The van der Waals surface area contributed by atoms with Gasteiger partial charge in [-0.1, -0.05) is 0 Å². The molecule has 0 bridgehead atoms. The summed E-state index contributed by atoms with van der Waals surface area (Å²) in [5.74, 6) is 0.577. The molecule has 0 aliphatic carbocycles. The Morgan fingerprint density at radius 2 is 2.10 bits per heavy atom. The second-order valence-corrected chi connectivity index (χ2v) is 5.31. The summed E-state index contributed by atoms with van der Waals surface area (Å²) in [6, 6.07) is 5.22. The van der Waals surface area contributed by atoms with Crippen molar-refractivity contribution in [3.05, 3.63) is 23.8 Å². The van der Waals surface area contributed by atoms with E-state index in [1.807, 2.05) is 6.07 Å². The van der Waals surface area contributed by atoms with Gasteiger partial charge in [0.1, 0.15) is 11.5 Å². The van der Waals surface area contributed by atoms with Crippen molar-refractivity contribution in [3.63, 3.8) is 0 Å². The molecule has 0 amide bonds. The van der Waals surface area contributed by atoms with E-state index in [0.717, 1.165) is 37.2 Å². The Morgan fingerprint density at radius 1 is 1.40 bits per heavy atom. The average Bonchev–Trinajstić information content (AvgIpc) is 2.43. The largest absolute Gasteiger partial charge is 0.508 e. The smallest absolute Gasteiger partial charge is 0.303 e. The SMILES string of the molecule is COc1ccc(O)c(CN2CCC(CC(=O)O)CC2)c1. The number of methoxy groups -OCH3 is 1. The van der Waals surface area contributed by atoms with Crippen LogP contribution in [0.2, 0.25) is 0 Å². The lowest BCUT2D eigenvalue weighted by Gasteiger charge is -2.31. The highest BCUT2D eigenvalue weighted by atomic mass is 16.5. The standard InChI is InChI=1S/C15H21NO4/c1-20-13-2-3-14(17)12(9-13)10-16-6-4-11(5-7-16)8-15(18)19/h2-3,9,11,17H,4-8,10H2,1H3,(H,18,19). The number of carbonyl (C=O) groups is 1. The molecule has 5 nitrogen and oxygen atoms in total. The van der Waals surface area contributed by atoms with Crippen LogP contribution in [-0.4, -0.2) is 41.3 Å². The van der Waals surface area contributed by atoms with Gasteiger partial charge in [0.2, 0.25) is 0 Å². The molecular weight excluding hydrogens is 258 g/mol. The van der Waals surface area contributed by atoms with Crippen LogP contribution in [0.25, 0.3) is 0 Å². The maximum atomic E-state index is 10.7. The third-order valence-corrected chi connectivity index (χ3v) is 3.85. The number of rotatable bonds is 5. The number of aliphatic carboxylic acids is 1. The molecule has 1 fully saturated rings. The fraction of sp³-hybridized carbons (Fsp3) is 0.533. The van der Waals surface area contributed by atoms with Crippen LogP contribution in [0.5, 0.6) is 11.5 Å². The van der Waals surface area contributed by atoms with Gasteiger partial charge in [-0.2, -0.15) is 0 Å². The number of carboxylic acids is 1. The maximum absolute atomic E-state index is 10.7. The maximum Gasteiger partial charge on any atom is 0.303 e. The Morgan fingerprint density at radius 3 is 2.70 bits per heavy atom. The molecule has 110 valence electrons. The molecule has 0 aromatic heterocycles. The van der Waals surface area contributed by atoms with Gasteiger partial charge in [-0.25, -0.2) is 0 Å². The minimum absolute atomic E-state index is 0.262. The van der Waals surface area contributed by atoms with Crippen LogP contribution < -0.4 is 4.74 Å². The Balaban J connectivity index is 1.90. The zero-order valence-electron chi connectivity index (χ0n) is 11.7. The van der Waals surface area contributed by atoms with Crippen molar-refractivity contribution in [2.24, 2.45) is 5.92 Å². The summed E-state index contributed by atoms with van der Waals surface area (Å²) in [5.41, 5.74) is 0.848. The van der Waals surface area contributed by atoms with E-state index in [-0.39, 0.29) is 18.1 Å². The molecule has 0 radical (unpaired) electrons. The van der Waals surface area contributed by atoms with Gasteiger partial charge in [0, 0.05) is 18.5 Å². The predicted octanol–water partition coefficient (Wildman–Crippen LogP) is 2.09. The first-order valence-corrected chi connectivity index (χ1v) is 6.88. The molecule has 1 heterocycles. The minimum atomic E-state index is -0.714. The van der Waals surface area contributed by atoms with E-state index in [2.05, 4.69) is 4.90 Å². The van der Waals surface area contributed by atoms with Crippen LogP contribution >= 0.6 is 0 Å². The number of ether oxygens (including phenoxy) is 1. The number of piperidine rings is 1. The van der Waals surface area contributed by atoms with Gasteiger partial charge < -0.3 is 14.9 Å². The third-order valence-electron chi connectivity index (χ3n) is 3.85. The molecule has 0 unspecified atom stereocenters. The van der Waals surface area contributed by atoms with Crippen molar-refractivity contribution in [1.82, 2.24) is 4.90 Å². The molecule has 0 atom stereocenters. The topological polar surface area (TPSA) is 70.0 Å². The van der Waals surface area contributed by atoms with Gasteiger partial charge >= 0.3 is 5.97 Å². The van der Waals surface area contributed by atoms with Gasteiger partial charge in [-0.05, 0) is 50.0 Å². The fourth-order valence-electron chi connectivity index (χ4n) is 2.65. The van der Waals surface area contributed by atoms with E-state index in [1.54, 1.807) is 19.2 Å². The lowest BCUT2D eigenvalue weighted by atomic mass is 9.93. The van der Waals surface area contributed by atoms with Gasteiger partial charge in [0.15, 0.2) is 0 Å². The van der Waals surface area contributed by atoms with Crippen molar-refractivity contribution in [2.45, 2.75) is 25.8 Å². The number of phenols is 1. The number of hydrogen-bond acceptors (Lipinski definition) is 4. The van der Waals surface area contributed by atoms with Crippen LogP contribution in [0.4, 0.5) is 0 Å². The van der Waals surface area contributed by atoms with Crippen molar-refractivity contribution in [3.8, 4) is 11.5 Å². The first kappa shape index (κ1) is 14.7. The summed E-state index contributed by atoms with van der Waals surface area (Å²) < 4.78 is 5.16. The summed E-state index contributed by atoms with van der Waals surface area (Å²) in [5, 5.41) is 18.7. The highest BCUT2D eigenvalue weighted by molar-refractivity contribution is 5.67. The van der Waals surface area contributed by atoms with E-state index < -0.39 is 5.97 Å². The predicted molar refractivity (Wildman–Crippen MR) is 74.9 cm³/mol. The molecular formula is C15H21NO4. The lowest BCUT2D eigenvalue weighted by molar-refractivity contribution is -0.138. The average molecular weight is 279 g/mol. The van der Waals surface area contributed by atoms with E-state index in [4.69, 9.17) is 9.84 Å². The zero-order chi connectivity index (χ0) is 14.5. The highest BCUT2D eigenvalue weighted by Crippen LogP contribution is 2.27. The molecule has 5 heteroatoms. The molecule has 1 aromatic carbocycles. The molecule has 1 aliphatic rings. The number of benzene rings is 1. The lowest BCUT2D eigenvalue weighted by Crippen LogP contribution is -2.33. The number of nitrogens with zero attached hydrogens (tertiary/aromatic N) is 1. The monoisotopic (exact) mass is 279 g/mol. The first-order valence-electron chi connectivity index (χ1n) is 6.88. The van der Waals surface area contributed by atoms with E-state index in [0.29, 0.717) is 6.54 Å². The number of phenolic OH excluding ortho intramolecular Hbond substituents is 1. The summed E-state index contributed by atoms with van der Waals surface area (Å²) >= 11 is 0. The van der Waals surface area contributed by atoms with Crippen LogP contribution in [-0.2, 0) is 11.3 Å². The van der Waals surface area contributed by atoms with Crippen LogP contribution in [0.15, 0.2) is 18.2 Å². The van der Waals surface area contributed by atoms with E-state index in [1.165, 1.54) is 0 Å². The molecule has 1 saturated heterocycles. The molecule has 2 N–H and O–H groups in total. The summed E-state index contributed by atoms with van der Waals surface area (Å²) in [4.78, 5) is 12.9. The van der Waals surface area contributed by atoms with Gasteiger partial charge in [-0.3, -0.25) is 9.69 Å². The normalized spacial score (nSPS) is 17.1. The van der Waals surface area contributed by atoms with Gasteiger partial charge in [0.25, 0.3) is 0 Å². The molecule has 2 rings (SSSR count). The first-order chi connectivity index (χ1) is 9.58. The molecule has 0 saturated carbocycles. The van der Waals surface area contributed by atoms with Crippen molar-refractivity contribution >= 4 is 5.97 Å². The second-order valence-electron chi connectivity index (χ2n) is 5.31. The third kappa shape index (κ3) is 3.87. The Labute approximate surface area is 118 Å². The Kier molecular flexibility index (Phi) is 4.84. The van der Waals surface area contributed by atoms with Gasteiger partial charge in [-0.15, -0.1) is 0 Å². The van der Waals surface area contributed by atoms with Crippen LogP contribution in [0, 0.1) is 5.92 Å². The number of aromatic hydroxyl groups is 1. The van der Waals surface area contributed by atoms with Crippen molar-refractivity contribution < 1.29 is 19.7 Å². The molecule has 1 aliphatic heterocycles. The van der Waals surface area contributed by atoms with Crippen LogP contribution in [0.1, 0.15) is 24.8 Å². The Hall–Kier alpha value is -1.75. The summed E-state index contributed by atoms with van der Waals surface area (Å²) in [7, 11) is 1.60. The minimum Gasteiger partial charge on any atom is -0.508 e. The van der Waals surface area contributed by atoms with Gasteiger partial charge in [0.05, 0.1) is 7.11 Å². The number of carboxylic acid groups (broad SMARTS) is 1.